The van der Waals surface area contributed by atoms with Crippen molar-refractivity contribution in [2.24, 2.45) is 4.99 Å². The van der Waals surface area contributed by atoms with Crippen molar-refractivity contribution < 1.29 is 21.6 Å². The number of sulfonamides is 1. The highest BCUT2D eigenvalue weighted by Crippen LogP contribution is 2.28. The number of likely N-dealkylation sites (tertiary alicyclic amines) is 1. The zero-order chi connectivity index (χ0) is 20.8. The molecule has 0 aromatic carbocycles. The quantitative estimate of drug-likeness (QED) is 0.384. The highest BCUT2D eigenvalue weighted by Gasteiger charge is 2.50. The fourth-order valence-electron chi connectivity index (χ4n) is 3.75. The minimum atomic E-state index is -5.24. The van der Waals surface area contributed by atoms with Crippen molar-refractivity contribution in [3.05, 3.63) is 0 Å². The van der Waals surface area contributed by atoms with E-state index in [2.05, 4.69) is 27.4 Å². The van der Waals surface area contributed by atoms with Crippen molar-refractivity contribution in [1.29, 1.82) is 0 Å². The Balaban J connectivity index is 1.70. The van der Waals surface area contributed by atoms with E-state index in [-0.39, 0.29) is 19.1 Å². The molecule has 2 aliphatic rings. The number of piperidine rings is 2. The lowest BCUT2D eigenvalue weighted by Crippen LogP contribution is -2.51. The molecule has 0 aromatic rings. The average molecular weight is 428 g/mol. The van der Waals surface area contributed by atoms with Crippen LogP contribution in [0.4, 0.5) is 13.2 Å². The lowest BCUT2D eigenvalue weighted by molar-refractivity contribution is -0.0494. The fraction of sp³-hybridized carbons (Fsp3) is 0.941. The van der Waals surface area contributed by atoms with Gasteiger partial charge >= 0.3 is 15.5 Å². The molecule has 7 nitrogen and oxygen atoms in total. The Morgan fingerprint density at radius 3 is 2.39 bits per heavy atom. The van der Waals surface area contributed by atoms with Crippen LogP contribution < -0.4 is 10.6 Å². The SMILES string of the molecule is CN=C(NCCCN1CCCCC1C)NC1CCN(S(=O)(=O)C(F)(F)F)CC1. The Morgan fingerprint density at radius 1 is 1.14 bits per heavy atom. The lowest BCUT2D eigenvalue weighted by atomic mass is 10.0. The molecule has 2 N–H and O–H groups in total. The predicted molar refractivity (Wildman–Crippen MR) is 104 cm³/mol. The number of nitrogens with one attached hydrogen (secondary N) is 2. The van der Waals surface area contributed by atoms with Gasteiger partial charge in [-0.2, -0.15) is 17.5 Å². The van der Waals surface area contributed by atoms with E-state index in [0.717, 1.165) is 26.1 Å². The van der Waals surface area contributed by atoms with E-state index < -0.39 is 15.5 Å². The molecule has 2 aliphatic heterocycles. The molecule has 0 aliphatic carbocycles. The standard InChI is InChI=1S/C17H32F3N5O2S/c1-14-6-3-4-10-24(14)11-5-9-22-16(21-2)23-15-7-12-25(13-8-15)28(26,27)17(18,19)20/h14-15H,3-13H2,1-2H3,(H2,21,22,23). The van der Waals surface area contributed by atoms with Crippen molar-refractivity contribution in [1.82, 2.24) is 19.8 Å². The zero-order valence-electron chi connectivity index (χ0n) is 16.6. The van der Waals surface area contributed by atoms with Crippen LogP contribution in [0, 0.1) is 0 Å². The van der Waals surface area contributed by atoms with Crippen molar-refractivity contribution in [2.45, 2.75) is 63.0 Å². The maximum atomic E-state index is 12.6. The third kappa shape index (κ3) is 6.21. The first kappa shape index (κ1) is 23.2. The van der Waals surface area contributed by atoms with Gasteiger partial charge in [-0.3, -0.25) is 4.99 Å². The molecule has 1 atom stereocenters. The molecule has 28 heavy (non-hydrogen) atoms. The van der Waals surface area contributed by atoms with Gasteiger partial charge in [-0.05, 0) is 45.6 Å². The first-order valence-electron chi connectivity index (χ1n) is 9.93. The number of guanidine groups is 1. The molecule has 164 valence electrons. The largest absolute Gasteiger partial charge is 0.511 e. The molecule has 0 amide bonds. The molecule has 11 heteroatoms. The van der Waals surface area contributed by atoms with E-state index in [1.54, 1.807) is 7.05 Å². The van der Waals surface area contributed by atoms with Gasteiger partial charge in [0.05, 0.1) is 0 Å². The Bertz CT molecular complexity index is 619. The summed E-state index contributed by atoms with van der Waals surface area (Å²) in [4.78, 5) is 6.66. The van der Waals surface area contributed by atoms with Crippen LogP contribution in [0.3, 0.4) is 0 Å². The number of halogens is 3. The number of aliphatic imine (C=N–C) groups is 1. The number of hydrogen-bond donors (Lipinski definition) is 2. The van der Waals surface area contributed by atoms with E-state index in [1.807, 2.05) is 0 Å². The second-order valence-electron chi connectivity index (χ2n) is 7.50. The summed E-state index contributed by atoms with van der Waals surface area (Å²) < 4.78 is 61.3. The van der Waals surface area contributed by atoms with E-state index >= 15 is 0 Å². The smallest absolute Gasteiger partial charge is 0.356 e. The highest BCUT2D eigenvalue weighted by atomic mass is 32.2. The molecule has 0 aromatic heterocycles. The Hall–Kier alpha value is -1.07. The molecule has 2 rings (SSSR count). The monoisotopic (exact) mass is 427 g/mol. The number of nitrogens with zero attached hydrogens (tertiary/aromatic N) is 3. The first-order chi connectivity index (χ1) is 13.1. The summed E-state index contributed by atoms with van der Waals surface area (Å²) in [7, 11) is -3.59. The average Bonchev–Trinajstić information content (AvgIpc) is 2.65. The minimum Gasteiger partial charge on any atom is -0.356 e. The number of hydrogen-bond acceptors (Lipinski definition) is 4. The van der Waals surface area contributed by atoms with Gasteiger partial charge in [0.1, 0.15) is 0 Å². The van der Waals surface area contributed by atoms with Gasteiger partial charge in [0, 0.05) is 45.3 Å². The predicted octanol–water partition coefficient (Wildman–Crippen LogP) is 1.73. The summed E-state index contributed by atoms with van der Waals surface area (Å²) in [5.74, 6) is 0.601. The minimum absolute atomic E-state index is 0.104. The van der Waals surface area contributed by atoms with Gasteiger partial charge in [-0.25, -0.2) is 8.42 Å². The van der Waals surface area contributed by atoms with Crippen LogP contribution in [-0.2, 0) is 10.0 Å². The maximum Gasteiger partial charge on any atom is 0.511 e. The lowest BCUT2D eigenvalue weighted by Gasteiger charge is -2.33. The van der Waals surface area contributed by atoms with E-state index in [1.165, 1.54) is 19.3 Å². The third-order valence-electron chi connectivity index (χ3n) is 5.51. The van der Waals surface area contributed by atoms with Crippen LogP contribution in [-0.4, -0.2) is 80.9 Å². The van der Waals surface area contributed by atoms with Crippen LogP contribution in [0.25, 0.3) is 0 Å². The van der Waals surface area contributed by atoms with Crippen LogP contribution in [0.2, 0.25) is 0 Å². The van der Waals surface area contributed by atoms with Gasteiger partial charge in [0.25, 0.3) is 0 Å². The van der Waals surface area contributed by atoms with Crippen molar-refractivity contribution >= 4 is 16.0 Å². The second-order valence-corrected chi connectivity index (χ2v) is 9.43. The van der Waals surface area contributed by atoms with Crippen LogP contribution in [0.1, 0.15) is 45.4 Å². The molecule has 0 radical (unpaired) electrons. The molecule has 0 bridgehead atoms. The summed E-state index contributed by atoms with van der Waals surface area (Å²) in [5, 5.41) is 6.42. The number of alkyl halides is 3. The molecule has 0 saturated carbocycles. The van der Waals surface area contributed by atoms with Gasteiger partial charge in [0.2, 0.25) is 0 Å². The molecule has 2 saturated heterocycles. The van der Waals surface area contributed by atoms with E-state index in [4.69, 9.17) is 0 Å². The summed E-state index contributed by atoms with van der Waals surface area (Å²) in [6, 6.07) is 0.525. The molecule has 0 spiro atoms. The zero-order valence-corrected chi connectivity index (χ0v) is 17.4. The van der Waals surface area contributed by atoms with E-state index in [9.17, 15) is 21.6 Å². The van der Waals surface area contributed by atoms with Gasteiger partial charge in [-0.15, -0.1) is 0 Å². The van der Waals surface area contributed by atoms with Gasteiger partial charge in [-0.1, -0.05) is 6.42 Å². The normalized spacial score (nSPS) is 24.3. The maximum absolute atomic E-state index is 12.6. The van der Waals surface area contributed by atoms with Gasteiger partial charge in [0.15, 0.2) is 5.96 Å². The fourth-order valence-corrected chi connectivity index (χ4v) is 4.74. The summed E-state index contributed by atoms with van der Waals surface area (Å²) in [5.41, 5.74) is -5.24. The summed E-state index contributed by atoms with van der Waals surface area (Å²) >= 11 is 0. The van der Waals surface area contributed by atoms with Crippen molar-refractivity contribution in [3.8, 4) is 0 Å². The van der Waals surface area contributed by atoms with Crippen LogP contribution in [0.5, 0.6) is 0 Å². The topological polar surface area (TPSA) is 77.0 Å². The molecule has 1 unspecified atom stereocenters. The Labute approximate surface area is 165 Å². The van der Waals surface area contributed by atoms with E-state index in [0.29, 0.717) is 29.1 Å². The Morgan fingerprint density at radius 2 is 1.82 bits per heavy atom. The third-order valence-corrected chi connectivity index (χ3v) is 7.14. The van der Waals surface area contributed by atoms with Gasteiger partial charge < -0.3 is 15.5 Å². The number of rotatable bonds is 6. The summed E-state index contributed by atoms with van der Waals surface area (Å²) in [6.45, 7) is 4.89. The molecule has 2 fully saturated rings. The second kappa shape index (κ2) is 10.1. The molecular weight excluding hydrogens is 395 g/mol. The van der Waals surface area contributed by atoms with Crippen molar-refractivity contribution in [3.63, 3.8) is 0 Å². The molecule has 2 heterocycles. The van der Waals surface area contributed by atoms with Crippen molar-refractivity contribution in [2.75, 3.05) is 39.8 Å². The molecular formula is C17H32F3N5O2S. The van der Waals surface area contributed by atoms with Crippen LogP contribution >= 0.6 is 0 Å². The van der Waals surface area contributed by atoms with Crippen LogP contribution in [0.15, 0.2) is 4.99 Å². The Kier molecular flexibility index (Phi) is 8.38. The first-order valence-corrected chi connectivity index (χ1v) is 11.4. The summed E-state index contributed by atoms with van der Waals surface area (Å²) in [6.07, 6.45) is 5.40. The highest BCUT2D eigenvalue weighted by molar-refractivity contribution is 7.90.